The van der Waals surface area contributed by atoms with E-state index in [0.717, 1.165) is 38.2 Å². The third-order valence-electron chi connectivity index (χ3n) is 6.71. The Bertz CT molecular complexity index is 917. The van der Waals surface area contributed by atoms with E-state index in [-0.39, 0.29) is 17.9 Å². The molecular weight excluding hydrogens is 401 g/mol. The molecule has 0 bridgehead atoms. The zero-order valence-electron chi connectivity index (χ0n) is 18.1. The number of anilines is 1. The van der Waals surface area contributed by atoms with E-state index >= 15 is 0 Å². The van der Waals surface area contributed by atoms with E-state index in [0.29, 0.717) is 29.7 Å². The van der Waals surface area contributed by atoms with Crippen LogP contribution in [0.3, 0.4) is 0 Å². The lowest BCUT2D eigenvalue weighted by molar-refractivity contribution is -0.136. The Morgan fingerprint density at radius 2 is 2.10 bits per heavy atom. The van der Waals surface area contributed by atoms with E-state index in [1.54, 1.807) is 6.07 Å². The zero-order valence-corrected chi connectivity index (χ0v) is 18.1. The predicted octanol–water partition coefficient (Wildman–Crippen LogP) is 4.42. The summed E-state index contributed by atoms with van der Waals surface area (Å²) in [5.74, 6) is 0.528. The van der Waals surface area contributed by atoms with Crippen LogP contribution in [0.25, 0.3) is 0 Å². The highest BCUT2D eigenvalue weighted by Gasteiger charge is 2.49. The van der Waals surface area contributed by atoms with Gasteiger partial charge in [0.1, 0.15) is 11.6 Å². The molecular formula is C23H30FN3O4. The standard InChI is InChI=1S/C23H30FN3O4/c1-15(2)21-25-22(31-26-21)27-10-5-17(6-11-27)23(7-8-23)9-12-30-18-4-3-16(13-20(28)29)19(24)14-18/h3-4,14-15,17H,5-13H2,1-2H3,(H,28,29). The van der Waals surface area contributed by atoms with Crippen molar-refractivity contribution >= 4 is 12.0 Å². The number of aliphatic carboxylic acids is 1. The summed E-state index contributed by atoms with van der Waals surface area (Å²) >= 11 is 0. The van der Waals surface area contributed by atoms with Crippen molar-refractivity contribution in [3.63, 3.8) is 0 Å². The van der Waals surface area contributed by atoms with E-state index < -0.39 is 11.8 Å². The molecule has 4 rings (SSSR count). The van der Waals surface area contributed by atoms with E-state index in [1.165, 1.54) is 25.0 Å². The highest BCUT2D eigenvalue weighted by molar-refractivity contribution is 5.70. The molecule has 7 nitrogen and oxygen atoms in total. The SMILES string of the molecule is CC(C)c1noc(N2CCC(C3(CCOc4ccc(CC(=O)O)c(F)c4)CC3)CC2)n1. The van der Waals surface area contributed by atoms with E-state index in [1.807, 2.05) is 0 Å². The molecule has 1 aliphatic heterocycles. The number of carbonyl (C=O) groups is 1. The molecule has 0 radical (unpaired) electrons. The molecule has 2 heterocycles. The molecule has 2 aliphatic rings. The van der Waals surface area contributed by atoms with Gasteiger partial charge in [-0.05, 0) is 55.1 Å². The van der Waals surface area contributed by atoms with E-state index in [4.69, 9.17) is 14.4 Å². The number of carboxylic acid groups (broad SMARTS) is 1. The fourth-order valence-electron chi connectivity index (χ4n) is 4.59. The highest BCUT2D eigenvalue weighted by Crippen LogP contribution is 2.57. The molecule has 0 unspecified atom stereocenters. The van der Waals surface area contributed by atoms with Gasteiger partial charge in [0.05, 0.1) is 13.0 Å². The third kappa shape index (κ3) is 4.99. The summed E-state index contributed by atoms with van der Waals surface area (Å²) in [6.07, 6.45) is 5.25. The van der Waals surface area contributed by atoms with Gasteiger partial charge in [0.2, 0.25) is 0 Å². The van der Waals surface area contributed by atoms with Crippen LogP contribution < -0.4 is 9.64 Å². The Kier molecular flexibility index (Phi) is 6.16. The van der Waals surface area contributed by atoms with Crippen molar-refractivity contribution in [3.05, 3.63) is 35.4 Å². The summed E-state index contributed by atoms with van der Waals surface area (Å²) in [6, 6.07) is 5.05. The van der Waals surface area contributed by atoms with Crippen molar-refractivity contribution in [2.45, 2.75) is 58.3 Å². The molecule has 1 aliphatic carbocycles. The van der Waals surface area contributed by atoms with Crippen molar-refractivity contribution in [2.75, 3.05) is 24.6 Å². The van der Waals surface area contributed by atoms with Gasteiger partial charge < -0.3 is 19.3 Å². The van der Waals surface area contributed by atoms with Crippen LogP contribution in [-0.4, -0.2) is 40.9 Å². The van der Waals surface area contributed by atoms with Crippen LogP contribution in [0.2, 0.25) is 0 Å². The number of piperidine rings is 1. The minimum Gasteiger partial charge on any atom is -0.493 e. The lowest BCUT2D eigenvalue weighted by atomic mass is 9.79. The summed E-state index contributed by atoms with van der Waals surface area (Å²) in [5, 5.41) is 12.9. The molecule has 2 fully saturated rings. The number of benzene rings is 1. The number of rotatable bonds is 9. The Balaban J connectivity index is 1.26. The number of aromatic nitrogens is 2. The lowest BCUT2D eigenvalue weighted by Crippen LogP contribution is -2.37. The maximum absolute atomic E-state index is 14.0. The maximum Gasteiger partial charge on any atom is 0.324 e. The Morgan fingerprint density at radius 3 is 2.68 bits per heavy atom. The van der Waals surface area contributed by atoms with Crippen LogP contribution in [0.4, 0.5) is 10.4 Å². The zero-order chi connectivity index (χ0) is 22.0. The number of nitrogens with zero attached hydrogens (tertiary/aromatic N) is 3. The monoisotopic (exact) mass is 431 g/mol. The minimum absolute atomic E-state index is 0.173. The molecule has 1 aromatic heterocycles. The molecule has 2 aromatic rings. The smallest absolute Gasteiger partial charge is 0.324 e. The molecule has 0 amide bonds. The van der Waals surface area contributed by atoms with Gasteiger partial charge in [-0.15, -0.1) is 0 Å². The second-order valence-electron chi connectivity index (χ2n) is 9.14. The van der Waals surface area contributed by atoms with Gasteiger partial charge in [0.25, 0.3) is 0 Å². The van der Waals surface area contributed by atoms with Crippen LogP contribution in [0.5, 0.6) is 5.75 Å². The molecule has 0 atom stereocenters. The first kappa shape index (κ1) is 21.6. The van der Waals surface area contributed by atoms with Gasteiger partial charge >= 0.3 is 12.0 Å². The molecule has 1 saturated carbocycles. The summed E-state index contributed by atoms with van der Waals surface area (Å²) in [6.45, 7) is 6.49. The number of hydrogen-bond acceptors (Lipinski definition) is 6. The molecule has 31 heavy (non-hydrogen) atoms. The fourth-order valence-corrected chi connectivity index (χ4v) is 4.59. The van der Waals surface area contributed by atoms with Gasteiger partial charge in [0, 0.05) is 25.1 Å². The molecule has 1 aromatic carbocycles. The first-order valence-corrected chi connectivity index (χ1v) is 11.1. The highest BCUT2D eigenvalue weighted by atomic mass is 19.1. The van der Waals surface area contributed by atoms with Gasteiger partial charge in [-0.3, -0.25) is 4.79 Å². The van der Waals surface area contributed by atoms with Crippen LogP contribution in [0.15, 0.2) is 22.7 Å². The molecule has 8 heteroatoms. The third-order valence-corrected chi connectivity index (χ3v) is 6.71. The van der Waals surface area contributed by atoms with E-state index in [2.05, 4.69) is 28.9 Å². The topological polar surface area (TPSA) is 88.7 Å². The van der Waals surface area contributed by atoms with Crippen LogP contribution >= 0.6 is 0 Å². The second-order valence-corrected chi connectivity index (χ2v) is 9.14. The summed E-state index contributed by atoms with van der Waals surface area (Å²) < 4.78 is 25.3. The van der Waals surface area contributed by atoms with Gasteiger partial charge in [0.15, 0.2) is 5.82 Å². The maximum atomic E-state index is 14.0. The van der Waals surface area contributed by atoms with Crippen LogP contribution in [0.1, 0.15) is 63.3 Å². The normalized spacial score (nSPS) is 18.4. The average molecular weight is 432 g/mol. The van der Waals surface area contributed by atoms with Gasteiger partial charge in [-0.2, -0.15) is 4.98 Å². The lowest BCUT2D eigenvalue weighted by Gasteiger charge is -2.35. The van der Waals surface area contributed by atoms with Crippen molar-refractivity contribution in [3.8, 4) is 5.75 Å². The molecule has 0 spiro atoms. The number of halogens is 1. The summed E-state index contributed by atoms with van der Waals surface area (Å²) in [5.41, 5.74) is 0.498. The van der Waals surface area contributed by atoms with Crippen LogP contribution in [-0.2, 0) is 11.2 Å². The van der Waals surface area contributed by atoms with Crippen molar-refractivity contribution in [2.24, 2.45) is 11.3 Å². The van der Waals surface area contributed by atoms with Crippen LogP contribution in [0, 0.1) is 17.2 Å². The summed E-state index contributed by atoms with van der Waals surface area (Å²) in [4.78, 5) is 17.5. The van der Waals surface area contributed by atoms with Crippen molar-refractivity contribution < 1.29 is 23.6 Å². The molecule has 1 saturated heterocycles. The van der Waals surface area contributed by atoms with Gasteiger partial charge in [-0.1, -0.05) is 25.1 Å². The minimum atomic E-state index is -1.05. The summed E-state index contributed by atoms with van der Waals surface area (Å²) in [7, 11) is 0. The number of carboxylic acids is 1. The van der Waals surface area contributed by atoms with Crippen molar-refractivity contribution in [1.82, 2.24) is 10.1 Å². The molecule has 168 valence electrons. The van der Waals surface area contributed by atoms with Crippen molar-refractivity contribution in [1.29, 1.82) is 0 Å². The predicted molar refractivity (Wildman–Crippen MR) is 113 cm³/mol. The Morgan fingerprint density at radius 1 is 1.35 bits per heavy atom. The van der Waals surface area contributed by atoms with Gasteiger partial charge in [-0.25, -0.2) is 4.39 Å². The second kappa shape index (κ2) is 8.85. The first-order valence-electron chi connectivity index (χ1n) is 11.1. The fraction of sp³-hybridized carbons (Fsp3) is 0.609. The quantitative estimate of drug-likeness (QED) is 0.628. The number of ether oxygens (including phenoxy) is 1. The number of hydrogen-bond donors (Lipinski definition) is 1. The Labute approximate surface area is 181 Å². The molecule has 1 N–H and O–H groups in total. The van der Waals surface area contributed by atoms with E-state index in [9.17, 15) is 9.18 Å². The largest absolute Gasteiger partial charge is 0.493 e. The Hall–Kier alpha value is -2.64. The first-order chi connectivity index (χ1) is 14.9. The average Bonchev–Trinajstić information content (AvgIpc) is 3.35.